The number of ketones is 1. The lowest BCUT2D eigenvalue weighted by atomic mass is 9.33. The minimum absolute atomic E-state index is 0.0192. The van der Waals surface area contributed by atoms with E-state index in [-0.39, 0.29) is 39.8 Å². The third-order valence-corrected chi connectivity index (χ3v) is 17.3. The number of rotatable bonds is 7. The second-order valence-corrected chi connectivity index (χ2v) is 20.5. The van der Waals surface area contributed by atoms with E-state index in [9.17, 15) is 50.4 Å². The summed E-state index contributed by atoms with van der Waals surface area (Å²) >= 11 is 0. The van der Waals surface area contributed by atoms with Crippen molar-refractivity contribution in [3.8, 4) is 0 Å². The molecule has 14 nitrogen and oxygen atoms in total. The maximum atomic E-state index is 14.8. The Morgan fingerprint density at radius 1 is 0.750 bits per heavy atom. The third-order valence-electron chi connectivity index (χ3n) is 17.3. The number of fused-ring (bicyclic) bond motifs is 7. The van der Waals surface area contributed by atoms with Crippen LogP contribution in [0.5, 0.6) is 0 Å². The van der Waals surface area contributed by atoms with Gasteiger partial charge in [0.05, 0.1) is 24.7 Å². The van der Waals surface area contributed by atoms with Gasteiger partial charge in [0.25, 0.3) is 0 Å². The number of carbonyl (C=O) groups is 2. The Hall–Kier alpha value is -1.56. The smallest absolute Gasteiger partial charge is 0.309 e. The molecule has 2 heterocycles. The molecule has 4 saturated carbocycles. The first-order valence-electron chi connectivity index (χ1n) is 20.8. The standard InChI is InChI=1S/C42H66O14/c1-37(2)25-8-11-42(7)33(22(45)16-20-21-17-39(4,36(51)52)13-12-38(21,3)14-15-41(20,42)6)40(25,5)10-9-26(37)55-35-32(30(49)28(47)24(19-44)54-35)56-34-31(50)29(48)27(46)23(18-43)53-34/h16,21,23-35,43-44,46-50H,8-15,17-19H2,1-7H3,(H,51,52)/t21-,23+,24+,25-,26-,27-,28-,29-,30-,31+,32+,33+,34-,35+,38+,39-,40-,41+,42+/m0/s1. The van der Waals surface area contributed by atoms with Crippen molar-refractivity contribution in [2.45, 2.75) is 174 Å². The molecule has 14 heteroatoms. The molecular weight excluding hydrogens is 728 g/mol. The van der Waals surface area contributed by atoms with Crippen molar-refractivity contribution in [2.24, 2.45) is 50.2 Å². The fourth-order valence-corrected chi connectivity index (χ4v) is 13.4. The molecule has 2 aliphatic heterocycles. The summed E-state index contributed by atoms with van der Waals surface area (Å²) in [7, 11) is 0. The highest BCUT2D eigenvalue weighted by Gasteiger charge is 2.70. The second kappa shape index (κ2) is 14.3. The average molecular weight is 795 g/mol. The Labute approximate surface area is 329 Å². The van der Waals surface area contributed by atoms with Crippen molar-refractivity contribution in [1.82, 2.24) is 0 Å². The van der Waals surface area contributed by atoms with Gasteiger partial charge >= 0.3 is 5.97 Å². The van der Waals surface area contributed by atoms with Crippen LogP contribution in [0.1, 0.15) is 106 Å². The largest absolute Gasteiger partial charge is 0.481 e. The summed E-state index contributed by atoms with van der Waals surface area (Å²) in [5.41, 5.74) is -1.32. The van der Waals surface area contributed by atoms with Crippen LogP contribution in [-0.2, 0) is 28.5 Å². The monoisotopic (exact) mass is 794 g/mol. The Morgan fingerprint density at radius 2 is 1.36 bits per heavy atom. The van der Waals surface area contributed by atoms with Crippen LogP contribution in [0.25, 0.3) is 0 Å². The van der Waals surface area contributed by atoms with Crippen molar-refractivity contribution in [3.63, 3.8) is 0 Å². The fourth-order valence-electron chi connectivity index (χ4n) is 13.4. The summed E-state index contributed by atoms with van der Waals surface area (Å²) in [6.45, 7) is 13.9. The van der Waals surface area contributed by atoms with E-state index in [2.05, 4.69) is 41.5 Å². The zero-order chi connectivity index (χ0) is 41.1. The molecule has 0 radical (unpaired) electrons. The molecule has 8 N–H and O–H groups in total. The number of allylic oxidation sites excluding steroid dienone is 2. The van der Waals surface area contributed by atoms with Crippen molar-refractivity contribution in [3.05, 3.63) is 11.6 Å². The van der Waals surface area contributed by atoms with Gasteiger partial charge < -0.3 is 59.8 Å². The van der Waals surface area contributed by atoms with E-state index in [0.29, 0.717) is 25.7 Å². The highest BCUT2D eigenvalue weighted by Crippen LogP contribution is 2.75. The van der Waals surface area contributed by atoms with Gasteiger partial charge in [-0.05, 0) is 110 Å². The summed E-state index contributed by atoms with van der Waals surface area (Å²) in [5.74, 6) is -0.873. The number of carboxylic acid groups (broad SMARTS) is 1. The fraction of sp³-hybridized carbons (Fsp3) is 0.905. The molecule has 7 rings (SSSR count). The van der Waals surface area contributed by atoms with E-state index < -0.39 is 103 Å². The Bertz CT molecular complexity index is 1570. The van der Waals surface area contributed by atoms with E-state index in [1.165, 1.54) is 0 Å². The maximum absolute atomic E-state index is 14.8. The first-order valence-corrected chi connectivity index (χ1v) is 20.8. The van der Waals surface area contributed by atoms with E-state index >= 15 is 0 Å². The number of aliphatic carboxylic acids is 1. The number of hydrogen-bond donors (Lipinski definition) is 8. The first-order chi connectivity index (χ1) is 26.0. The van der Waals surface area contributed by atoms with Gasteiger partial charge in [-0.15, -0.1) is 0 Å². The Balaban J connectivity index is 1.16. The van der Waals surface area contributed by atoms with Crippen LogP contribution in [0.2, 0.25) is 0 Å². The molecule has 0 spiro atoms. The molecule has 5 aliphatic carbocycles. The maximum Gasteiger partial charge on any atom is 0.309 e. The van der Waals surface area contributed by atoms with Gasteiger partial charge in [0, 0.05) is 5.92 Å². The van der Waals surface area contributed by atoms with Crippen LogP contribution in [0.3, 0.4) is 0 Å². The van der Waals surface area contributed by atoms with Gasteiger partial charge in [-0.1, -0.05) is 47.1 Å². The summed E-state index contributed by atoms with van der Waals surface area (Å²) < 4.78 is 24.3. The number of carbonyl (C=O) groups excluding carboxylic acids is 1. The lowest BCUT2D eigenvalue weighted by Gasteiger charge is -2.70. The van der Waals surface area contributed by atoms with E-state index in [0.717, 1.165) is 37.7 Å². The van der Waals surface area contributed by atoms with Crippen molar-refractivity contribution < 1.29 is 69.4 Å². The number of hydrogen-bond acceptors (Lipinski definition) is 13. The minimum Gasteiger partial charge on any atom is -0.481 e. The quantitative estimate of drug-likeness (QED) is 0.173. The Kier molecular flexibility index (Phi) is 10.9. The van der Waals surface area contributed by atoms with Crippen LogP contribution in [0.4, 0.5) is 0 Å². The van der Waals surface area contributed by atoms with Gasteiger partial charge in [-0.25, -0.2) is 0 Å². The van der Waals surface area contributed by atoms with E-state index in [1.807, 2.05) is 13.0 Å². The zero-order valence-electron chi connectivity index (χ0n) is 34.0. The van der Waals surface area contributed by atoms with Gasteiger partial charge in [-0.3, -0.25) is 9.59 Å². The number of aliphatic hydroxyl groups is 7. The van der Waals surface area contributed by atoms with Gasteiger partial charge in [-0.2, -0.15) is 0 Å². The predicted octanol–water partition coefficient (Wildman–Crippen LogP) is 2.06. The molecule has 6 fully saturated rings. The van der Waals surface area contributed by atoms with Crippen LogP contribution < -0.4 is 0 Å². The average Bonchev–Trinajstić information content (AvgIpc) is 3.13. The van der Waals surface area contributed by atoms with Crippen LogP contribution in [-0.4, -0.2) is 133 Å². The van der Waals surface area contributed by atoms with Gasteiger partial charge in [0.15, 0.2) is 18.4 Å². The molecule has 0 aromatic heterocycles. The zero-order valence-corrected chi connectivity index (χ0v) is 34.0. The van der Waals surface area contributed by atoms with Gasteiger partial charge in [0.2, 0.25) is 0 Å². The Morgan fingerprint density at radius 3 is 1.98 bits per heavy atom. The molecule has 0 unspecified atom stereocenters. The van der Waals surface area contributed by atoms with Crippen molar-refractivity contribution >= 4 is 11.8 Å². The lowest BCUT2D eigenvalue weighted by molar-refractivity contribution is -0.378. The second-order valence-electron chi connectivity index (χ2n) is 20.5. The predicted molar refractivity (Wildman–Crippen MR) is 198 cm³/mol. The normalized spacial score (nSPS) is 54.2. The molecule has 0 amide bonds. The topological polar surface area (TPSA) is 233 Å². The molecule has 0 aromatic carbocycles. The first kappa shape index (κ1) is 42.6. The van der Waals surface area contributed by atoms with Crippen LogP contribution in [0.15, 0.2) is 11.6 Å². The minimum atomic E-state index is -1.78. The lowest BCUT2D eigenvalue weighted by Crippen LogP contribution is -2.68. The molecule has 2 saturated heterocycles. The number of ether oxygens (including phenoxy) is 4. The molecule has 0 aromatic rings. The molecular formula is C42H66O14. The summed E-state index contributed by atoms with van der Waals surface area (Å²) in [6, 6.07) is 0. The molecule has 19 atom stereocenters. The van der Waals surface area contributed by atoms with Gasteiger partial charge in [0.1, 0.15) is 48.8 Å². The molecule has 318 valence electrons. The summed E-state index contributed by atoms with van der Waals surface area (Å²) in [6.07, 6.45) is -7.28. The highest BCUT2D eigenvalue weighted by atomic mass is 16.8. The highest BCUT2D eigenvalue weighted by molar-refractivity contribution is 5.95. The van der Waals surface area contributed by atoms with Crippen LogP contribution >= 0.6 is 0 Å². The molecule has 0 bridgehead atoms. The number of carboxylic acids is 1. The van der Waals surface area contributed by atoms with Crippen molar-refractivity contribution in [2.75, 3.05) is 13.2 Å². The van der Waals surface area contributed by atoms with Crippen molar-refractivity contribution in [1.29, 1.82) is 0 Å². The SMILES string of the molecule is CC1(C)[C@@H](O[C@H]2O[C@H](CO)[C@H](O)[C@H](O)[C@H]2O[C@@H]2O[C@H](CO)[C@H](O)[C@H](O)[C@H]2O)CC[C@]2(C)[C@H]3C(=O)C=C4[C@@H]5C[C@@](C)(C(=O)O)CC[C@]5(C)CC[C@@]4(C)[C@]3(C)CC[C@@H]12. The third kappa shape index (κ3) is 6.13. The molecule has 56 heavy (non-hydrogen) atoms. The molecule has 7 aliphatic rings. The van der Waals surface area contributed by atoms with E-state index in [4.69, 9.17) is 18.9 Å². The summed E-state index contributed by atoms with van der Waals surface area (Å²) in [4.78, 5) is 27.3. The summed E-state index contributed by atoms with van der Waals surface area (Å²) in [5, 5.41) is 83.6. The van der Waals surface area contributed by atoms with Crippen LogP contribution in [0, 0.1) is 50.2 Å². The van der Waals surface area contributed by atoms with E-state index in [1.54, 1.807) is 0 Å². The number of aliphatic hydroxyl groups excluding tert-OH is 7.